The van der Waals surface area contributed by atoms with Crippen LogP contribution in [-0.4, -0.2) is 30.5 Å². The Hall–Kier alpha value is -1.35. The first-order chi connectivity index (χ1) is 7.79. The molecule has 3 nitrogen and oxygen atoms in total. The summed E-state index contributed by atoms with van der Waals surface area (Å²) in [5, 5.41) is 0. The molecule has 1 saturated heterocycles. The van der Waals surface area contributed by atoms with Gasteiger partial charge in [-0.05, 0) is 44.0 Å². The second-order valence-electron chi connectivity index (χ2n) is 4.15. The van der Waals surface area contributed by atoms with E-state index in [2.05, 4.69) is 11.8 Å². The molecule has 16 heavy (non-hydrogen) atoms. The second kappa shape index (κ2) is 5.12. The summed E-state index contributed by atoms with van der Waals surface area (Å²) in [6.45, 7) is 4.31. The Kier molecular flexibility index (Phi) is 3.57. The van der Waals surface area contributed by atoms with E-state index in [9.17, 15) is 4.79 Å². The number of benzene rings is 1. The van der Waals surface area contributed by atoms with Crippen LogP contribution in [0.15, 0.2) is 24.3 Å². The standard InChI is InChI=1S/C13H17NO2/c1-11(14-8-2-3-9-14)16-13-6-4-12(10-15)5-7-13/h4-7,10-11H,2-3,8-9H2,1H3. The van der Waals surface area contributed by atoms with Crippen LogP contribution in [0.25, 0.3) is 0 Å². The summed E-state index contributed by atoms with van der Waals surface area (Å²) in [5.41, 5.74) is 0.682. The molecule has 2 rings (SSSR count). The highest BCUT2D eigenvalue weighted by Crippen LogP contribution is 2.17. The summed E-state index contributed by atoms with van der Waals surface area (Å²) < 4.78 is 5.81. The van der Waals surface area contributed by atoms with Gasteiger partial charge in [-0.15, -0.1) is 0 Å². The van der Waals surface area contributed by atoms with Crippen LogP contribution in [0.5, 0.6) is 5.75 Å². The van der Waals surface area contributed by atoms with E-state index >= 15 is 0 Å². The third-order valence-electron chi connectivity index (χ3n) is 2.98. The molecular weight excluding hydrogens is 202 g/mol. The number of hydrogen-bond acceptors (Lipinski definition) is 3. The number of carbonyl (C=O) groups is 1. The van der Waals surface area contributed by atoms with Crippen LogP contribution in [0.3, 0.4) is 0 Å². The first kappa shape index (κ1) is 11.1. The Morgan fingerprint density at radius 3 is 2.44 bits per heavy atom. The zero-order valence-corrected chi connectivity index (χ0v) is 9.56. The first-order valence-electron chi connectivity index (χ1n) is 5.75. The molecular formula is C13H17NO2. The summed E-state index contributed by atoms with van der Waals surface area (Å²) in [4.78, 5) is 12.8. The van der Waals surface area contributed by atoms with E-state index in [0.717, 1.165) is 25.1 Å². The highest BCUT2D eigenvalue weighted by atomic mass is 16.5. The Morgan fingerprint density at radius 1 is 1.25 bits per heavy atom. The smallest absolute Gasteiger partial charge is 0.150 e. The van der Waals surface area contributed by atoms with E-state index in [1.165, 1.54) is 12.8 Å². The topological polar surface area (TPSA) is 29.5 Å². The molecule has 1 aromatic rings. The highest BCUT2D eigenvalue weighted by molar-refractivity contribution is 5.74. The Balaban J connectivity index is 1.94. The van der Waals surface area contributed by atoms with Crippen molar-refractivity contribution >= 4 is 6.29 Å². The van der Waals surface area contributed by atoms with Crippen LogP contribution < -0.4 is 4.74 Å². The normalized spacial score (nSPS) is 18.3. The molecule has 1 atom stereocenters. The highest BCUT2D eigenvalue weighted by Gasteiger charge is 2.18. The molecule has 1 aliphatic heterocycles. The zero-order chi connectivity index (χ0) is 11.4. The average Bonchev–Trinajstić information content (AvgIpc) is 2.83. The molecule has 0 radical (unpaired) electrons. The van der Waals surface area contributed by atoms with E-state index in [1.807, 2.05) is 12.1 Å². The van der Waals surface area contributed by atoms with E-state index in [-0.39, 0.29) is 6.23 Å². The van der Waals surface area contributed by atoms with Gasteiger partial charge in [0.1, 0.15) is 18.3 Å². The molecule has 0 saturated carbocycles. The summed E-state index contributed by atoms with van der Waals surface area (Å²) >= 11 is 0. The maximum Gasteiger partial charge on any atom is 0.150 e. The molecule has 1 aromatic carbocycles. The molecule has 0 bridgehead atoms. The molecule has 3 heteroatoms. The summed E-state index contributed by atoms with van der Waals surface area (Å²) in [5.74, 6) is 0.824. The van der Waals surface area contributed by atoms with Gasteiger partial charge >= 0.3 is 0 Å². The number of likely N-dealkylation sites (tertiary alicyclic amines) is 1. The third kappa shape index (κ3) is 2.61. The van der Waals surface area contributed by atoms with Gasteiger partial charge in [0.05, 0.1) is 0 Å². The summed E-state index contributed by atoms with van der Waals surface area (Å²) in [7, 11) is 0. The second-order valence-corrected chi connectivity index (χ2v) is 4.15. The predicted octanol–water partition coefficient (Wildman–Crippen LogP) is 2.32. The molecule has 1 fully saturated rings. The Labute approximate surface area is 96.0 Å². The molecule has 86 valence electrons. The minimum atomic E-state index is 0.115. The Bertz CT molecular complexity index is 341. The molecule has 1 unspecified atom stereocenters. The number of carbonyl (C=O) groups excluding carboxylic acids is 1. The lowest BCUT2D eigenvalue weighted by molar-refractivity contribution is 0.0592. The van der Waals surface area contributed by atoms with Gasteiger partial charge in [-0.2, -0.15) is 0 Å². The van der Waals surface area contributed by atoms with Gasteiger partial charge in [-0.25, -0.2) is 0 Å². The summed E-state index contributed by atoms with van der Waals surface area (Å²) in [6, 6.07) is 7.24. The quantitative estimate of drug-likeness (QED) is 0.728. The molecule has 0 aromatic heterocycles. The molecule has 0 amide bonds. The van der Waals surface area contributed by atoms with Crippen molar-refractivity contribution in [3.63, 3.8) is 0 Å². The lowest BCUT2D eigenvalue weighted by Crippen LogP contribution is -2.34. The minimum absolute atomic E-state index is 0.115. The van der Waals surface area contributed by atoms with Gasteiger partial charge in [0, 0.05) is 18.7 Å². The molecule has 0 spiro atoms. The maximum absolute atomic E-state index is 10.5. The Morgan fingerprint density at radius 2 is 1.88 bits per heavy atom. The molecule has 1 heterocycles. The predicted molar refractivity (Wildman–Crippen MR) is 62.7 cm³/mol. The van der Waals surface area contributed by atoms with Crippen molar-refractivity contribution in [1.82, 2.24) is 4.90 Å². The van der Waals surface area contributed by atoms with Crippen LogP contribution in [0, 0.1) is 0 Å². The van der Waals surface area contributed by atoms with Crippen LogP contribution >= 0.6 is 0 Å². The van der Waals surface area contributed by atoms with E-state index in [1.54, 1.807) is 12.1 Å². The van der Waals surface area contributed by atoms with Gasteiger partial charge in [-0.3, -0.25) is 9.69 Å². The van der Waals surface area contributed by atoms with E-state index < -0.39 is 0 Å². The lowest BCUT2D eigenvalue weighted by Gasteiger charge is -2.24. The SMILES string of the molecule is CC(Oc1ccc(C=O)cc1)N1CCCC1. The van der Waals surface area contributed by atoms with Crippen molar-refractivity contribution in [2.24, 2.45) is 0 Å². The van der Waals surface area contributed by atoms with Gasteiger partial charge in [0.2, 0.25) is 0 Å². The van der Waals surface area contributed by atoms with Crippen LogP contribution in [0.2, 0.25) is 0 Å². The maximum atomic E-state index is 10.5. The van der Waals surface area contributed by atoms with Crippen LogP contribution in [-0.2, 0) is 0 Å². The van der Waals surface area contributed by atoms with Gasteiger partial charge in [-0.1, -0.05) is 0 Å². The molecule has 0 N–H and O–H groups in total. The fourth-order valence-corrected chi connectivity index (χ4v) is 2.00. The van der Waals surface area contributed by atoms with Crippen molar-refractivity contribution in [3.05, 3.63) is 29.8 Å². The third-order valence-corrected chi connectivity index (χ3v) is 2.98. The largest absolute Gasteiger partial charge is 0.475 e. The number of aldehydes is 1. The number of hydrogen-bond donors (Lipinski definition) is 0. The first-order valence-corrected chi connectivity index (χ1v) is 5.75. The van der Waals surface area contributed by atoms with E-state index in [0.29, 0.717) is 5.56 Å². The van der Waals surface area contributed by atoms with Crippen LogP contribution in [0.4, 0.5) is 0 Å². The molecule has 1 aliphatic rings. The minimum Gasteiger partial charge on any atom is -0.475 e. The summed E-state index contributed by atoms with van der Waals surface area (Å²) in [6.07, 6.45) is 3.48. The number of rotatable bonds is 4. The lowest BCUT2D eigenvalue weighted by atomic mass is 10.2. The van der Waals surface area contributed by atoms with Gasteiger partial charge in [0.15, 0.2) is 0 Å². The van der Waals surface area contributed by atoms with Crippen molar-refractivity contribution in [3.8, 4) is 5.75 Å². The van der Waals surface area contributed by atoms with Crippen molar-refractivity contribution in [2.45, 2.75) is 26.0 Å². The molecule has 0 aliphatic carbocycles. The van der Waals surface area contributed by atoms with Crippen LogP contribution in [0.1, 0.15) is 30.1 Å². The fourth-order valence-electron chi connectivity index (χ4n) is 2.00. The van der Waals surface area contributed by atoms with Crippen molar-refractivity contribution in [1.29, 1.82) is 0 Å². The van der Waals surface area contributed by atoms with Gasteiger partial charge < -0.3 is 4.74 Å². The zero-order valence-electron chi connectivity index (χ0n) is 9.56. The van der Waals surface area contributed by atoms with E-state index in [4.69, 9.17) is 4.74 Å². The number of nitrogens with zero attached hydrogens (tertiary/aromatic N) is 1. The van der Waals surface area contributed by atoms with Crippen molar-refractivity contribution in [2.75, 3.05) is 13.1 Å². The average molecular weight is 219 g/mol. The fraction of sp³-hybridized carbons (Fsp3) is 0.462. The van der Waals surface area contributed by atoms with Gasteiger partial charge in [0.25, 0.3) is 0 Å². The van der Waals surface area contributed by atoms with Crippen molar-refractivity contribution < 1.29 is 9.53 Å². The number of ether oxygens (including phenoxy) is 1. The monoisotopic (exact) mass is 219 g/mol.